The first-order valence-electron chi connectivity index (χ1n) is 13.7. The number of aliphatic carboxylic acids is 1. The van der Waals surface area contributed by atoms with Gasteiger partial charge in [0.25, 0.3) is 0 Å². The van der Waals surface area contributed by atoms with Gasteiger partial charge in [-0.05, 0) is 117 Å². The third kappa shape index (κ3) is 8.32. The highest BCUT2D eigenvalue weighted by Gasteiger charge is 2.30. The van der Waals surface area contributed by atoms with Crippen molar-refractivity contribution < 1.29 is 23.8 Å². The van der Waals surface area contributed by atoms with Crippen molar-refractivity contribution in [3.63, 3.8) is 0 Å². The molecule has 0 aliphatic carbocycles. The zero-order valence-electron chi connectivity index (χ0n) is 22.9. The van der Waals surface area contributed by atoms with Crippen molar-refractivity contribution in [3.05, 3.63) is 60.3 Å². The number of halogens is 1. The van der Waals surface area contributed by atoms with E-state index in [1.807, 2.05) is 42.1 Å². The van der Waals surface area contributed by atoms with Crippen molar-refractivity contribution in [2.75, 3.05) is 39.6 Å². The molecule has 1 aliphatic heterocycles. The number of piperidine rings is 1. The van der Waals surface area contributed by atoms with E-state index >= 15 is 4.39 Å². The predicted octanol–water partition coefficient (Wildman–Crippen LogP) is 7.03. The van der Waals surface area contributed by atoms with E-state index in [0.717, 1.165) is 61.3 Å². The van der Waals surface area contributed by atoms with Gasteiger partial charge in [-0.15, -0.1) is 11.8 Å². The number of rotatable bonds is 14. The topological polar surface area (TPSA) is 71.9 Å². The van der Waals surface area contributed by atoms with E-state index in [1.165, 1.54) is 4.90 Å². The van der Waals surface area contributed by atoms with Gasteiger partial charge in [0.2, 0.25) is 0 Å². The highest BCUT2D eigenvalue weighted by atomic mass is 32.2. The number of benzene rings is 2. The van der Waals surface area contributed by atoms with Crippen molar-refractivity contribution in [3.8, 4) is 11.5 Å². The van der Waals surface area contributed by atoms with E-state index in [-0.39, 0.29) is 12.3 Å². The molecule has 6 nitrogen and oxygen atoms in total. The molecule has 0 spiro atoms. The Morgan fingerprint density at radius 3 is 2.62 bits per heavy atom. The van der Waals surface area contributed by atoms with Gasteiger partial charge in [-0.25, -0.2) is 4.39 Å². The van der Waals surface area contributed by atoms with Crippen molar-refractivity contribution in [2.45, 2.75) is 49.6 Å². The normalized spacial score (nSPS) is 18.6. The van der Waals surface area contributed by atoms with Crippen LogP contribution in [-0.2, 0) is 4.79 Å². The summed E-state index contributed by atoms with van der Waals surface area (Å²) in [5, 5.41) is 10.1. The molecule has 1 aliphatic rings. The third-order valence-electron chi connectivity index (χ3n) is 7.76. The van der Waals surface area contributed by atoms with E-state index in [1.54, 1.807) is 26.5 Å². The summed E-state index contributed by atoms with van der Waals surface area (Å²) in [6.45, 7) is 2.86. The molecule has 210 valence electrons. The number of aromatic nitrogens is 1. The number of hydrogen-bond acceptors (Lipinski definition) is 6. The molecule has 2 aromatic carbocycles. The second-order valence-electron chi connectivity index (χ2n) is 10.2. The molecular weight excluding hydrogens is 515 g/mol. The number of fused-ring (bicyclic) bond motifs is 1. The van der Waals surface area contributed by atoms with Gasteiger partial charge in [0.1, 0.15) is 17.7 Å². The van der Waals surface area contributed by atoms with Gasteiger partial charge in [-0.2, -0.15) is 0 Å². The lowest BCUT2D eigenvalue weighted by atomic mass is 9.79. The minimum absolute atomic E-state index is 0.163. The van der Waals surface area contributed by atoms with E-state index < -0.39 is 12.1 Å². The van der Waals surface area contributed by atoms with E-state index in [4.69, 9.17) is 9.47 Å². The van der Waals surface area contributed by atoms with Crippen LogP contribution in [0.15, 0.2) is 59.6 Å². The summed E-state index contributed by atoms with van der Waals surface area (Å²) in [6, 6.07) is 15.4. The predicted molar refractivity (Wildman–Crippen MR) is 155 cm³/mol. The number of carboxylic acid groups (broad SMARTS) is 1. The third-order valence-corrected chi connectivity index (χ3v) is 8.86. The highest BCUT2D eigenvalue weighted by Crippen LogP contribution is 2.36. The van der Waals surface area contributed by atoms with Crippen LogP contribution in [0.25, 0.3) is 10.9 Å². The molecule has 1 fully saturated rings. The van der Waals surface area contributed by atoms with Gasteiger partial charge in [0.15, 0.2) is 0 Å². The molecule has 0 saturated carbocycles. The number of pyridine rings is 1. The summed E-state index contributed by atoms with van der Waals surface area (Å²) in [6.07, 6.45) is 4.59. The second-order valence-corrected chi connectivity index (χ2v) is 11.4. The number of carbonyl (C=O) groups is 1. The molecule has 1 aromatic heterocycles. The number of thioether (sulfide) groups is 1. The summed E-state index contributed by atoms with van der Waals surface area (Å²) in [5.74, 6) is 2.42. The number of likely N-dealkylation sites (tertiary alicyclic amines) is 1. The number of carboxylic acids is 1. The van der Waals surface area contributed by atoms with Crippen molar-refractivity contribution in [2.24, 2.45) is 11.8 Å². The van der Waals surface area contributed by atoms with Crippen LogP contribution in [0, 0.1) is 11.8 Å². The molecule has 0 amide bonds. The minimum atomic E-state index is -1.10. The first-order chi connectivity index (χ1) is 19.0. The van der Waals surface area contributed by atoms with E-state index in [2.05, 4.69) is 22.0 Å². The summed E-state index contributed by atoms with van der Waals surface area (Å²) >= 11 is 1.84. The van der Waals surface area contributed by atoms with Crippen LogP contribution < -0.4 is 9.47 Å². The minimum Gasteiger partial charge on any atom is -0.497 e. The lowest BCUT2D eigenvalue weighted by Gasteiger charge is -2.39. The Labute approximate surface area is 234 Å². The summed E-state index contributed by atoms with van der Waals surface area (Å²) < 4.78 is 26.1. The van der Waals surface area contributed by atoms with Gasteiger partial charge < -0.3 is 19.5 Å². The Kier molecular flexibility index (Phi) is 10.9. The fourth-order valence-electron chi connectivity index (χ4n) is 5.59. The van der Waals surface area contributed by atoms with Crippen molar-refractivity contribution in [1.29, 1.82) is 0 Å². The monoisotopic (exact) mass is 554 g/mol. The lowest BCUT2D eigenvalue weighted by molar-refractivity contribution is -0.137. The number of methoxy groups -OCH3 is 2. The zero-order chi connectivity index (χ0) is 27.6. The van der Waals surface area contributed by atoms with E-state index in [0.29, 0.717) is 30.1 Å². The second kappa shape index (κ2) is 14.5. The molecule has 8 heteroatoms. The molecule has 3 atom stereocenters. The van der Waals surface area contributed by atoms with Crippen LogP contribution in [0.5, 0.6) is 11.5 Å². The maximum atomic E-state index is 15.6. The van der Waals surface area contributed by atoms with Crippen LogP contribution in [0.4, 0.5) is 4.39 Å². The van der Waals surface area contributed by atoms with Gasteiger partial charge in [-0.1, -0.05) is 0 Å². The number of alkyl halides is 1. The Morgan fingerprint density at radius 1 is 1.10 bits per heavy atom. The van der Waals surface area contributed by atoms with Gasteiger partial charge in [0.05, 0.1) is 19.7 Å². The summed E-state index contributed by atoms with van der Waals surface area (Å²) in [5.41, 5.74) is 1.40. The molecule has 1 N–H and O–H groups in total. The Bertz CT molecular complexity index is 1210. The van der Waals surface area contributed by atoms with Crippen LogP contribution in [0.2, 0.25) is 0 Å². The molecule has 4 rings (SSSR count). The first-order valence-corrected chi connectivity index (χ1v) is 14.7. The Hall–Kier alpha value is -2.84. The average molecular weight is 555 g/mol. The average Bonchev–Trinajstić information content (AvgIpc) is 2.97. The standard InChI is InChI=1S/C31H39FN2O4S/c1-37-24-6-9-26(10-7-24)39-19-3-17-34-18-15-22(23(21-34)5-13-31(35)36)4-11-29(32)27-14-16-33-30-12-8-25(38-2)20-28(27)30/h6-10,12,14,16,20,22-23,29H,3-5,11,13,15,17-19,21H2,1-2H3,(H,35,36)/t22?,23?,29-/m0/s1. The lowest BCUT2D eigenvalue weighted by Crippen LogP contribution is -2.41. The van der Waals surface area contributed by atoms with Gasteiger partial charge in [0, 0.05) is 29.4 Å². The zero-order valence-corrected chi connectivity index (χ0v) is 23.7. The van der Waals surface area contributed by atoms with Gasteiger partial charge >= 0.3 is 5.97 Å². The molecule has 2 unspecified atom stereocenters. The number of hydrogen-bond donors (Lipinski definition) is 1. The summed E-state index contributed by atoms with van der Waals surface area (Å²) in [4.78, 5) is 19.4. The molecule has 3 aromatic rings. The van der Waals surface area contributed by atoms with Crippen LogP contribution in [0.3, 0.4) is 0 Å². The molecule has 2 heterocycles. The smallest absolute Gasteiger partial charge is 0.303 e. The van der Waals surface area contributed by atoms with Crippen molar-refractivity contribution in [1.82, 2.24) is 9.88 Å². The largest absolute Gasteiger partial charge is 0.497 e. The molecule has 0 radical (unpaired) electrons. The number of nitrogens with zero attached hydrogens (tertiary/aromatic N) is 2. The Morgan fingerprint density at radius 2 is 1.87 bits per heavy atom. The van der Waals surface area contributed by atoms with Gasteiger partial charge in [-0.3, -0.25) is 9.78 Å². The number of ether oxygens (including phenoxy) is 2. The Balaban J connectivity index is 1.30. The first kappa shape index (κ1) is 29.2. The molecule has 1 saturated heterocycles. The maximum absolute atomic E-state index is 15.6. The molecule has 0 bridgehead atoms. The van der Waals surface area contributed by atoms with Crippen LogP contribution in [-0.4, -0.2) is 60.6 Å². The van der Waals surface area contributed by atoms with E-state index in [9.17, 15) is 9.90 Å². The highest BCUT2D eigenvalue weighted by molar-refractivity contribution is 7.99. The summed E-state index contributed by atoms with van der Waals surface area (Å²) in [7, 11) is 3.28. The SMILES string of the molecule is COc1ccc(SCCCN2CCC(CC[C@H](F)c3ccnc4ccc(OC)cc34)C(CCC(=O)O)C2)cc1. The van der Waals surface area contributed by atoms with Crippen LogP contribution >= 0.6 is 11.8 Å². The fraction of sp³-hybridized carbons (Fsp3) is 0.484. The van der Waals surface area contributed by atoms with Crippen molar-refractivity contribution >= 4 is 28.6 Å². The molecule has 39 heavy (non-hydrogen) atoms. The quantitative estimate of drug-likeness (QED) is 0.169. The van der Waals surface area contributed by atoms with Crippen LogP contribution in [0.1, 0.15) is 50.3 Å². The molecular formula is C31H39FN2O4S. The fourth-order valence-corrected chi connectivity index (χ4v) is 6.43. The maximum Gasteiger partial charge on any atom is 0.303 e.